The minimum atomic E-state index is 0.133. The molecule has 0 spiro atoms. The molecule has 80 valence electrons. The van der Waals surface area contributed by atoms with Gasteiger partial charge in [-0.25, -0.2) is 4.98 Å². The van der Waals surface area contributed by atoms with Crippen molar-refractivity contribution in [3.05, 3.63) is 34.3 Å². The lowest BCUT2D eigenvalue weighted by atomic mass is 10.2. The van der Waals surface area contributed by atoms with Crippen molar-refractivity contribution in [1.29, 1.82) is 0 Å². The lowest BCUT2D eigenvalue weighted by Gasteiger charge is -2.04. The molecule has 2 heterocycles. The zero-order valence-corrected chi connectivity index (χ0v) is 10.5. The molecule has 0 aliphatic heterocycles. The van der Waals surface area contributed by atoms with E-state index in [0.29, 0.717) is 0 Å². The third kappa shape index (κ3) is 1.92. The van der Waals surface area contributed by atoms with E-state index >= 15 is 0 Å². The van der Waals surface area contributed by atoms with Crippen LogP contribution in [-0.4, -0.2) is 15.4 Å². The van der Waals surface area contributed by atoms with Gasteiger partial charge >= 0.3 is 0 Å². The standard InChI is InChI=1S/C11H14BrN3/c1-7(13)6-10-14-8(2)11-9(12)4-3-5-15(10)11/h3-5,7H,6,13H2,1-2H3. The largest absolute Gasteiger partial charge is 0.328 e. The highest BCUT2D eigenvalue weighted by Gasteiger charge is 2.11. The van der Waals surface area contributed by atoms with Crippen LogP contribution < -0.4 is 5.73 Å². The van der Waals surface area contributed by atoms with Crippen molar-refractivity contribution >= 4 is 21.4 Å². The van der Waals surface area contributed by atoms with Gasteiger partial charge in [0.05, 0.1) is 11.2 Å². The highest BCUT2D eigenvalue weighted by atomic mass is 79.9. The maximum atomic E-state index is 5.80. The minimum Gasteiger partial charge on any atom is -0.328 e. The van der Waals surface area contributed by atoms with E-state index < -0.39 is 0 Å². The summed E-state index contributed by atoms with van der Waals surface area (Å²) in [4.78, 5) is 4.54. The van der Waals surface area contributed by atoms with E-state index in [9.17, 15) is 0 Å². The lowest BCUT2D eigenvalue weighted by molar-refractivity contribution is 0.699. The zero-order valence-electron chi connectivity index (χ0n) is 8.87. The van der Waals surface area contributed by atoms with Gasteiger partial charge in [-0.3, -0.25) is 0 Å². The lowest BCUT2D eigenvalue weighted by Crippen LogP contribution is -2.19. The van der Waals surface area contributed by atoms with Crippen LogP contribution >= 0.6 is 15.9 Å². The summed E-state index contributed by atoms with van der Waals surface area (Å²) in [5.74, 6) is 1.03. The Hall–Kier alpha value is -0.870. The molecule has 0 saturated carbocycles. The first-order chi connectivity index (χ1) is 7.09. The Morgan fingerprint density at radius 3 is 3.00 bits per heavy atom. The summed E-state index contributed by atoms with van der Waals surface area (Å²) in [6.45, 7) is 4.01. The molecule has 2 N–H and O–H groups in total. The molecule has 2 rings (SSSR count). The second-order valence-electron chi connectivity index (χ2n) is 3.87. The fourth-order valence-corrected chi connectivity index (χ4v) is 2.41. The van der Waals surface area contributed by atoms with Crippen molar-refractivity contribution in [3.63, 3.8) is 0 Å². The average molecular weight is 268 g/mol. The number of nitrogens with zero attached hydrogens (tertiary/aromatic N) is 2. The van der Waals surface area contributed by atoms with Gasteiger partial charge in [0.25, 0.3) is 0 Å². The Kier molecular flexibility index (Phi) is 2.80. The average Bonchev–Trinajstić information content (AvgIpc) is 2.44. The first kappa shape index (κ1) is 10.6. The second-order valence-corrected chi connectivity index (χ2v) is 4.72. The third-order valence-corrected chi connectivity index (χ3v) is 3.01. The summed E-state index contributed by atoms with van der Waals surface area (Å²) in [5, 5.41) is 0. The van der Waals surface area contributed by atoms with E-state index in [1.807, 2.05) is 32.2 Å². The summed E-state index contributed by atoms with van der Waals surface area (Å²) in [7, 11) is 0. The molecule has 0 aliphatic rings. The molecule has 2 aromatic rings. The van der Waals surface area contributed by atoms with Gasteiger partial charge in [0.2, 0.25) is 0 Å². The van der Waals surface area contributed by atoms with Crippen LogP contribution in [0, 0.1) is 6.92 Å². The monoisotopic (exact) mass is 267 g/mol. The number of aryl methyl sites for hydroxylation is 1. The molecule has 0 aliphatic carbocycles. The van der Waals surface area contributed by atoms with Gasteiger partial charge in [0, 0.05) is 23.1 Å². The summed E-state index contributed by atoms with van der Waals surface area (Å²) in [5.41, 5.74) is 7.97. The Morgan fingerprint density at radius 2 is 2.33 bits per heavy atom. The fourth-order valence-electron chi connectivity index (χ4n) is 1.78. The maximum Gasteiger partial charge on any atom is 0.115 e. The predicted molar refractivity (Wildman–Crippen MR) is 65.0 cm³/mol. The van der Waals surface area contributed by atoms with Crippen molar-refractivity contribution in [2.75, 3.05) is 0 Å². The van der Waals surface area contributed by atoms with E-state index in [-0.39, 0.29) is 6.04 Å². The first-order valence-corrected chi connectivity index (χ1v) is 5.76. The molecule has 2 aromatic heterocycles. The number of nitrogens with two attached hydrogens (primary N) is 1. The number of hydrogen-bond donors (Lipinski definition) is 1. The van der Waals surface area contributed by atoms with Crippen molar-refractivity contribution in [3.8, 4) is 0 Å². The molecule has 1 unspecified atom stereocenters. The van der Waals surface area contributed by atoms with Crippen LogP contribution in [0.3, 0.4) is 0 Å². The number of aromatic nitrogens is 2. The Bertz CT molecular complexity index is 488. The van der Waals surface area contributed by atoms with Gasteiger partial charge in [-0.05, 0) is 41.9 Å². The fraction of sp³-hybridized carbons (Fsp3) is 0.364. The molecular formula is C11H14BrN3. The van der Waals surface area contributed by atoms with Crippen molar-refractivity contribution in [2.45, 2.75) is 26.3 Å². The van der Waals surface area contributed by atoms with Gasteiger partial charge in [0.15, 0.2) is 0 Å². The predicted octanol–water partition coefficient (Wildman–Crippen LogP) is 2.29. The van der Waals surface area contributed by atoms with E-state index in [4.69, 9.17) is 5.73 Å². The van der Waals surface area contributed by atoms with E-state index in [2.05, 4.69) is 25.3 Å². The Balaban J connectivity index is 2.63. The zero-order chi connectivity index (χ0) is 11.0. The van der Waals surface area contributed by atoms with Crippen LogP contribution in [0.15, 0.2) is 22.8 Å². The summed E-state index contributed by atoms with van der Waals surface area (Å²) >= 11 is 3.54. The number of halogens is 1. The molecule has 0 radical (unpaired) electrons. The molecule has 0 bridgehead atoms. The molecule has 15 heavy (non-hydrogen) atoms. The van der Waals surface area contributed by atoms with Gasteiger partial charge in [0.1, 0.15) is 5.82 Å². The van der Waals surface area contributed by atoms with Gasteiger partial charge in [-0.15, -0.1) is 0 Å². The first-order valence-electron chi connectivity index (χ1n) is 4.97. The Morgan fingerprint density at radius 1 is 1.60 bits per heavy atom. The molecule has 1 atom stereocenters. The molecule has 0 aromatic carbocycles. The topological polar surface area (TPSA) is 43.3 Å². The van der Waals surface area contributed by atoms with E-state index in [1.165, 1.54) is 0 Å². The SMILES string of the molecule is Cc1nc(CC(C)N)n2cccc(Br)c12. The molecule has 0 saturated heterocycles. The number of imidazole rings is 1. The molecular weight excluding hydrogens is 254 g/mol. The van der Waals surface area contributed by atoms with Crippen molar-refractivity contribution < 1.29 is 0 Å². The molecule has 0 amide bonds. The van der Waals surface area contributed by atoms with Crippen LogP contribution in [0.5, 0.6) is 0 Å². The smallest absolute Gasteiger partial charge is 0.115 e. The second kappa shape index (κ2) is 3.94. The quantitative estimate of drug-likeness (QED) is 0.908. The number of pyridine rings is 1. The van der Waals surface area contributed by atoms with Crippen molar-refractivity contribution in [2.24, 2.45) is 5.73 Å². The highest BCUT2D eigenvalue weighted by Crippen LogP contribution is 2.22. The summed E-state index contributed by atoms with van der Waals surface area (Å²) in [6.07, 6.45) is 2.82. The maximum absolute atomic E-state index is 5.80. The van der Waals surface area contributed by atoms with Crippen molar-refractivity contribution in [1.82, 2.24) is 9.38 Å². The number of fused-ring (bicyclic) bond motifs is 1. The van der Waals surface area contributed by atoms with Crippen LogP contribution in [0.2, 0.25) is 0 Å². The molecule has 4 heteroatoms. The van der Waals surface area contributed by atoms with Crippen LogP contribution in [0.4, 0.5) is 0 Å². The summed E-state index contributed by atoms with van der Waals surface area (Å²) < 4.78 is 3.17. The molecule has 0 fully saturated rings. The van der Waals surface area contributed by atoms with Crippen LogP contribution in [0.1, 0.15) is 18.4 Å². The van der Waals surface area contributed by atoms with Gasteiger partial charge in [-0.1, -0.05) is 0 Å². The Labute approximate surface area is 97.4 Å². The van der Waals surface area contributed by atoms with E-state index in [1.54, 1.807) is 0 Å². The number of hydrogen-bond acceptors (Lipinski definition) is 2. The van der Waals surface area contributed by atoms with Gasteiger partial charge < -0.3 is 10.1 Å². The summed E-state index contributed by atoms with van der Waals surface area (Å²) in [6, 6.07) is 4.16. The molecule has 3 nitrogen and oxygen atoms in total. The highest BCUT2D eigenvalue weighted by molar-refractivity contribution is 9.10. The van der Waals surface area contributed by atoms with Crippen LogP contribution in [-0.2, 0) is 6.42 Å². The van der Waals surface area contributed by atoms with Crippen LogP contribution in [0.25, 0.3) is 5.52 Å². The normalized spacial score (nSPS) is 13.3. The number of rotatable bonds is 2. The van der Waals surface area contributed by atoms with Gasteiger partial charge in [-0.2, -0.15) is 0 Å². The van der Waals surface area contributed by atoms with E-state index in [0.717, 1.165) is 27.9 Å². The minimum absolute atomic E-state index is 0.133. The third-order valence-electron chi connectivity index (χ3n) is 2.37.